The molecular formula is C16H15N3. The zero-order chi connectivity index (χ0) is 13.2. The smallest absolute Gasteiger partial charge is 0.116 e. The Morgan fingerprint density at radius 1 is 0.842 bits per heavy atom. The lowest BCUT2D eigenvalue weighted by atomic mass is 10.0. The van der Waals surface area contributed by atoms with Crippen molar-refractivity contribution in [3.63, 3.8) is 0 Å². The first-order chi connectivity index (χ1) is 9.27. The molecule has 0 fully saturated rings. The van der Waals surface area contributed by atoms with E-state index >= 15 is 0 Å². The van der Waals surface area contributed by atoms with Crippen molar-refractivity contribution in [3.8, 4) is 16.9 Å². The molecule has 3 nitrogen and oxygen atoms in total. The van der Waals surface area contributed by atoms with Crippen molar-refractivity contribution in [2.24, 2.45) is 0 Å². The molecule has 0 atom stereocenters. The highest BCUT2D eigenvalue weighted by Gasteiger charge is 2.12. The molecule has 0 saturated heterocycles. The summed E-state index contributed by atoms with van der Waals surface area (Å²) in [5, 5.41) is 8.61. The Kier molecular flexibility index (Phi) is 2.88. The van der Waals surface area contributed by atoms with Crippen LogP contribution in [0.4, 0.5) is 0 Å². The van der Waals surface area contributed by atoms with Gasteiger partial charge >= 0.3 is 0 Å². The van der Waals surface area contributed by atoms with Crippen LogP contribution in [0.15, 0.2) is 54.6 Å². The lowest BCUT2D eigenvalue weighted by Gasteiger charge is -2.05. The summed E-state index contributed by atoms with van der Waals surface area (Å²) in [6.45, 7) is 4.14. The fraction of sp³-hybridized carbons (Fsp3) is 0.125. The Labute approximate surface area is 112 Å². The van der Waals surface area contributed by atoms with Crippen LogP contribution in [-0.4, -0.2) is 15.0 Å². The van der Waals surface area contributed by atoms with Crippen LogP contribution in [0.1, 0.15) is 11.3 Å². The summed E-state index contributed by atoms with van der Waals surface area (Å²) in [7, 11) is 0. The Morgan fingerprint density at radius 3 is 2.26 bits per heavy atom. The van der Waals surface area contributed by atoms with Crippen LogP contribution in [0.3, 0.4) is 0 Å². The van der Waals surface area contributed by atoms with E-state index in [2.05, 4.69) is 36.3 Å². The van der Waals surface area contributed by atoms with Gasteiger partial charge < -0.3 is 0 Å². The van der Waals surface area contributed by atoms with Gasteiger partial charge in [-0.2, -0.15) is 0 Å². The molecular weight excluding hydrogens is 234 g/mol. The number of hydrogen-bond acceptors (Lipinski definition) is 2. The highest BCUT2D eigenvalue weighted by Crippen LogP contribution is 2.25. The summed E-state index contributed by atoms with van der Waals surface area (Å²) in [5.41, 5.74) is 5.39. The summed E-state index contributed by atoms with van der Waals surface area (Å²) in [4.78, 5) is 0. The maximum atomic E-state index is 4.34. The van der Waals surface area contributed by atoms with Crippen LogP contribution in [0, 0.1) is 13.8 Å². The Hall–Kier alpha value is -2.42. The zero-order valence-corrected chi connectivity index (χ0v) is 11.0. The second-order valence-electron chi connectivity index (χ2n) is 4.59. The molecule has 0 radical (unpaired) electrons. The minimum atomic E-state index is 0.946. The third kappa shape index (κ3) is 2.03. The van der Waals surface area contributed by atoms with Crippen LogP contribution in [0.5, 0.6) is 0 Å². The maximum absolute atomic E-state index is 4.34. The van der Waals surface area contributed by atoms with Crippen molar-refractivity contribution in [2.45, 2.75) is 13.8 Å². The van der Waals surface area contributed by atoms with Gasteiger partial charge in [0.1, 0.15) is 5.69 Å². The summed E-state index contributed by atoms with van der Waals surface area (Å²) >= 11 is 0. The van der Waals surface area contributed by atoms with E-state index in [0.717, 1.165) is 22.6 Å². The van der Waals surface area contributed by atoms with Crippen molar-refractivity contribution >= 4 is 0 Å². The van der Waals surface area contributed by atoms with Crippen LogP contribution in [-0.2, 0) is 0 Å². The van der Waals surface area contributed by atoms with E-state index in [0.29, 0.717) is 0 Å². The average Bonchev–Trinajstić information content (AvgIpc) is 2.82. The molecule has 3 heteroatoms. The summed E-state index contributed by atoms with van der Waals surface area (Å²) in [6.07, 6.45) is 0. The Bertz CT molecular complexity index is 699. The van der Waals surface area contributed by atoms with Crippen molar-refractivity contribution in [1.29, 1.82) is 0 Å². The number of aromatic nitrogens is 3. The highest BCUT2D eigenvalue weighted by atomic mass is 15.4. The molecule has 0 bridgehead atoms. The second-order valence-corrected chi connectivity index (χ2v) is 4.59. The molecule has 0 N–H and O–H groups in total. The van der Waals surface area contributed by atoms with Gasteiger partial charge in [0.15, 0.2) is 0 Å². The number of nitrogens with zero attached hydrogens (tertiary/aromatic N) is 3. The summed E-state index contributed by atoms with van der Waals surface area (Å²) in [5.74, 6) is 0. The number of aryl methyl sites for hydroxylation is 1. The van der Waals surface area contributed by atoms with Gasteiger partial charge in [0, 0.05) is 5.56 Å². The summed E-state index contributed by atoms with van der Waals surface area (Å²) < 4.78 is 1.88. The molecule has 0 amide bonds. The monoisotopic (exact) mass is 249 g/mol. The number of para-hydroxylation sites is 1. The molecule has 3 aromatic rings. The van der Waals surface area contributed by atoms with Crippen LogP contribution in [0.2, 0.25) is 0 Å². The van der Waals surface area contributed by atoms with Gasteiger partial charge in [0.05, 0.1) is 11.4 Å². The Balaban J connectivity index is 2.12. The minimum Gasteiger partial charge on any atom is -0.217 e. The first-order valence-corrected chi connectivity index (χ1v) is 6.31. The van der Waals surface area contributed by atoms with E-state index in [4.69, 9.17) is 0 Å². The van der Waals surface area contributed by atoms with Gasteiger partial charge in [-0.05, 0) is 31.5 Å². The molecule has 0 aliphatic carbocycles. The predicted molar refractivity (Wildman–Crippen MR) is 76.3 cm³/mol. The van der Waals surface area contributed by atoms with E-state index in [9.17, 15) is 0 Å². The molecule has 19 heavy (non-hydrogen) atoms. The van der Waals surface area contributed by atoms with Gasteiger partial charge in [-0.15, -0.1) is 5.10 Å². The minimum absolute atomic E-state index is 0.946. The predicted octanol–water partition coefficient (Wildman–Crippen LogP) is 3.55. The maximum Gasteiger partial charge on any atom is 0.116 e. The first-order valence-electron chi connectivity index (χ1n) is 6.31. The van der Waals surface area contributed by atoms with Gasteiger partial charge in [0.25, 0.3) is 0 Å². The van der Waals surface area contributed by atoms with E-state index in [-0.39, 0.29) is 0 Å². The molecule has 2 aromatic carbocycles. The topological polar surface area (TPSA) is 30.7 Å². The van der Waals surface area contributed by atoms with Crippen LogP contribution in [0.25, 0.3) is 16.9 Å². The Morgan fingerprint density at radius 2 is 1.53 bits per heavy atom. The van der Waals surface area contributed by atoms with Gasteiger partial charge in [-0.3, -0.25) is 0 Å². The molecule has 1 heterocycles. The molecule has 0 unspecified atom stereocenters. The molecule has 0 saturated carbocycles. The fourth-order valence-electron chi connectivity index (χ4n) is 2.23. The SMILES string of the molecule is Cc1ccccc1-c1nnn(-c2ccccc2)c1C. The molecule has 3 rings (SSSR count). The summed E-state index contributed by atoms with van der Waals surface area (Å²) in [6, 6.07) is 18.3. The van der Waals surface area contributed by atoms with Crippen molar-refractivity contribution < 1.29 is 0 Å². The standard InChI is InChI=1S/C16H15N3/c1-12-8-6-7-11-15(12)16-13(2)19(18-17-16)14-9-4-3-5-10-14/h3-11H,1-2H3. The molecule has 0 aliphatic rings. The largest absolute Gasteiger partial charge is 0.217 e. The van der Waals surface area contributed by atoms with E-state index in [1.165, 1.54) is 5.56 Å². The van der Waals surface area contributed by atoms with Crippen molar-refractivity contribution in [2.75, 3.05) is 0 Å². The number of benzene rings is 2. The molecule has 1 aromatic heterocycles. The lowest BCUT2D eigenvalue weighted by Crippen LogP contribution is -1.98. The van der Waals surface area contributed by atoms with Gasteiger partial charge in [-0.1, -0.05) is 47.7 Å². The third-order valence-corrected chi connectivity index (χ3v) is 3.30. The molecule has 94 valence electrons. The first kappa shape index (κ1) is 11.7. The van der Waals surface area contributed by atoms with Gasteiger partial charge in [0.2, 0.25) is 0 Å². The van der Waals surface area contributed by atoms with Gasteiger partial charge in [-0.25, -0.2) is 4.68 Å². The normalized spacial score (nSPS) is 10.6. The number of hydrogen-bond donors (Lipinski definition) is 0. The van der Waals surface area contributed by atoms with Crippen molar-refractivity contribution in [3.05, 3.63) is 65.9 Å². The van der Waals surface area contributed by atoms with Crippen LogP contribution < -0.4 is 0 Å². The quantitative estimate of drug-likeness (QED) is 0.695. The average molecular weight is 249 g/mol. The van der Waals surface area contributed by atoms with E-state index < -0.39 is 0 Å². The fourth-order valence-corrected chi connectivity index (χ4v) is 2.23. The van der Waals surface area contributed by atoms with E-state index in [1.54, 1.807) is 0 Å². The molecule has 0 aliphatic heterocycles. The second kappa shape index (κ2) is 4.69. The zero-order valence-electron chi connectivity index (χ0n) is 11.0. The third-order valence-electron chi connectivity index (χ3n) is 3.30. The van der Waals surface area contributed by atoms with Crippen molar-refractivity contribution in [1.82, 2.24) is 15.0 Å². The highest BCUT2D eigenvalue weighted by molar-refractivity contribution is 5.65. The molecule has 0 spiro atoms. The number of rotatable bonds is 2. The van der Waals surface area contributed by atoms with E-state index in [1.807, 2.05) is 47.1 Å². The lowest BCUT2D eigenvalue weighted by molar-refractivity contribution is 0.785. The van der Waals surface area contributed by atoms with Crippen LogP contribution >= 0.6 is 0 Å².